The quantitative estimate of drug-likeness (QED) is 0.136. The fourth-order valence-electron chi connectivity index (χ4n) is 9.88. The van der Waals surface area contributed by atoms with Crippen LogP contribution < -0.4 is 0 Å². The zero-order valence-electron chi connectivity index (χ0n) is 36.9. The molecule has 1 aromatic heterocycles. The molecule has 0 aliphatic carbocycles. The molecule has 0 aliphatic rings. The van der Waals surface area contributed by atoms with E-state index >= 15 is 0 Å². The Bertz CT molecular complexity index is 3320. The maximum atomic E-state index is 2.49. The molecular weight excluding hydrogens is 807 g/mol. The van der Waals surface area contributed by atoms with Crippen molar-refractivity contribution in [3.05, 3.63) is 273 Å². The Balaban J connectivity index is 0.970. The molecule has 0 fully saturated rings. The van der Waals surface area contributed by atoms with E-state index in [0.717, 1.165) is 5.69 Å². The molecule has 11 aromatic carbocycles. The monoisotopic (exact) mass is 851 g/mol. The Hall–Kier alpha value is -8.78. The fraction of sp³-hybridized carbons (Fsp3) is 0. The molecule has 0 atom stereocenters. The lowest BCUT2D eigenvalue weighted by atomic mass is 9.92. The second-order valence-electron chi connectivity index (χ2n) is 17.3. The first kappa shape index (κ1) is 39.8. The smallest absolute Gasteiger partial charge is 0.0619 e. The molecule has 0 saturated carbocycles. The van der Waals surface area contributed by atoms with Crippen molar-refractivity contribution in [2.24, 2.45) is 0 Å². The normalized spacial score (nSPS) is 11.3. The molecule has 1 heterocycles. The van der Waals surface area contributed by atoms with E-state index < -0.39 is 0 Å². The first-order chi connectivity index (χ1) is 33.2. The summed E-state index contributed by atoms with van der Waals surface area (Å²) < 4.78 is 2.49. The lowest BCUT2D eigenvalue weighted by Gasteiger charge is -2.15. The molecule has 67 heavy (non-hydrogen) atoms. The average molecular weight is 852 g/mol. The number of rotatable bonds is 9. The average Bonchev–Trinajstić information content (AvgIpc) is 3.77. The van der Waals surface area contributed by atoms with E-state index in [1.807, 2.05) is 0 Å². The van der Waals surface area contributed by atoms with E-state index in [0.29, 0.717) is 0 Å². The van der Waals surface area contributed by atoms with Crippen molar-refractivity contribution in [2.75, 3.05) is 0 Å². The van der Waals surface area contributed by atoms with E-state index in [2.05, 4.69) is 278 Å². The summed E-state index contributed by atoms with van der Waals surface area (Å²) in [5, 5.41) is 2.46. The Morgan fingerprint density at radius 3 is 0.731 bits per heavy atom. The van der Waals surface area contributed by atoms with Crippen molar-refractivity contribution < 1.29 is 0 Å². The highest BCUT2D eigenvalue weighted by Crippen LogP contribution is 2.43. The third-order valence-electron chi connectivity index (χ3n) is 13.2. The highest BCUT2D eigenvalue weighted by Gasteiger charge is 2.20. The van der Waals surface area contributed by atoms with Gasteiger partial charge in [0.25, 0.3) is 0 Å². The van der Waals surface area contributed by atoms with Gasteiger partial charge in [0.15, 0.2) is 0 Å². The van der Waals surface area contributed by atoms with Gasteiger partial charge in [0.05, 0.1) is 11.0 Å². The van der Waals surface area contributed by atoms with Crippen molar-refractivity contribution >= 4 is 21.8 Å². The van der Waals surface area contributed by atoms with Crippen LogP contribution in [0.25, 0.3) is 117 Å². The van der Waals surface area contributed by atoms with E-state index in [9.17, 15) is 0 Å². The molecular formula is C66H45N. The van der Waals surface area contributed by atoms with Crippen molar-refractivity contribution in [1.29, 1.82) is 0 Å². The number of hydrogen-bond acceptors (Lipinski definition) is 0. The number of benzene rings is 11. The van der Waals surface area contributed by atoms with Gasteiger partial charge in [-0.1, -0.05) is 224 Å². The minimum atomic E-state index is 1.13. The van der Waals surface area contributed by atoms with Crippen LogP contribution in [0, 0.1) is 0 Å². The van der Waals surface area contributed by atoms with E-state index in [4.69, 9.17) is 0 Å². The van der Waals surface area contributed by atoms with E-state index in [1.165, 1.54) is 111 Å². The molecule has 0 unspecified atom stereocenters. The summed E-state index contributed by atoms with van der Waals surface area (Å²) in [7, 11) is 0. The first-order valence-corrected chi connectivity index (χ1v) is 23.1. The second-order valence-corrected chi connectivity index (χ2v) is 17.3. The summed E-state index contributed by atoms with van der Waals surface area (Å²) in [5.74, 6) is 0. The first-order valence-electron chi connectivity index (χ1n) is 23.1. The van der Waals surface area contributed by atoms with Gasteiger partial charge >= 0.3 is 0 Å². The third kappa shape index (κ3) is 7.63. The van der Waals surface area contributed by atoms with Gasteiger partial charge in [-0.05, 0) is 126 Å². The molecule has 0 radical (unpaired) electrons. The Morgan fingerprint density at radius 1 is 0.179 bits per heavy atom. The van der Waals surface area contributed by atoms with Crippen LogP contribution in [-0.2, 0) is 0 Å². The Labute approximate surface area is 392 Å². The number of fused-ring (bicyclic) bond motifs is 3. The second kappa shape index (κ2) is 17.3. The van der Waals surface area contributed by atoms with Crippen LogP contribution in [0.5, 0.6) is 0 Å². The molecule has 0 N–H and O–H groups in total. The van der Waals surface area contributed by atoms with E-state index in [1.54, 1.807) is 0 Å². The number of para-hydroxylation sites is 3. The summed E-state index contributed by atoms with van der Waals surface area (Å²) in [4.78, 5) is 0. The molecule has 314 valence electrons. The summed E-state index contributed by atoms with van der Waals surface area (Å²) in [6.45, 7) is 0. The summed E-state index contributed by atoms with van der Waals surface area (Å²) >= 11 is 0. The summed E-state index contributed by atoms with van der Waals surface area (Å²) in [6.07, 6.45) is 0. The third-order valence-corrected chi connectivity index (χ3v) is 13.2. The largest absolute Gasteiger partial charge is 0.308 e. The number of aromatic nitrogens is 1. The van der Waals surface area contributed by atoms with Gasteiger partial charge in [-0.25, -0.2) is 0 Å². The van der Waals surface area contributed by atoms with Gasteiger partial charge in [-0.3, -0.25) is 0 Å². The topological polar surface area (TPSA) is 4.93 Å². The van der Waals surface area contributed by atoms with Gasteiger partial charge in [0.1, 0.15) is 0 Å². The molecule has 0 aliphatic heterocycles. The van der Waals surface area contributed by atoms with Crippen molar-refractivity contribution in [2.45, 2.75) is 0 Å². The molecule has 0 saturated heterocycles. The Kier molecular flexibility index (Phi) is 10.3. The van der Waals surface area contributed by atoms with Gasteiger partial charge < -0.3 is 4.57 Å². The van der Waals surface area contributed by atoms with Crippen LogP contribution in [0.3, 0.4) is 0 Å². The maximum absolute atomic E-state index is 2.49. The SMILES string of the molecule is c1ccc(-c2cc(-c3ccccc3)cc(-c3ccc(-c4cccc5c6cccc(-c7ccc(-c8cc(-c9ccccc9)cc(-c9ccccc9)c8)cc7)c6n(-c6ccccc6)c45)cc3)c2)cc1. The van der Waals surface area contributed by atoms with Crippen molar-refractivity contribution in [1.82, 2.24) is 4.57 Å². The molecule has 0 spiro atoms. The maximum Gasteiger partial charge on any atom is 0.0619 e. The van der Waals surface area contributed by atoms with Crippen LogP contribution in [-0.4, -0.2) is 4.57 Å². The molecule has 12 aromatic rings. The number of hydrogen-bond donors (Lipinski definition) is 0. The van der Waals surface area contributed by atoms with Crippen LogP contribution in [0.15, 0.2) is 273 Å². The summed E-state index contributed by atoms with van der Waals surface area (Å²) in [5.41, 5.74) is 22.7. The van der Waals surface area contributed by atoms with Crippen LogP contribution >= 0.6 is 0 Å². The molecule has 1 nitrogen and oxygen atoms in total. The van der Waals surface area contributed by atoms with E-state index in [-0.39, 0.29) is 0 Å². The van der Waals surface area contributed by atoms with Gasteiger partial charge in [0.2, 0.25) is 0 Å². The lowest BCUT2D eigenvalue weighted by molar-refractivity contribution is 1.18. The number of nitrogens with zero attached hydrogens (tertiary/aromatic N) is 1. The van der Waals surface area contributed by atoms with Crippen LogP contribution in [0.1, 0.15) is 0 Å². The van der Waals surface area contributed by atoms with Crippen molar-refractivity contribution in [3.8, 4) is 94.7 Å². The lowest BCUT2D eigenvalue weighted by Crippen LogP contribution is -1.97. The minimum Gasteiger partial charge on any atom is -0.308 e. The van der Waals surface area contributed by atoms with Crippen LogP contribution in [0.2, 0.25) is 0 Å². The molecule has 12 rings (SSSR count). The van der Waals surface area contributed by atoms with Gasteiger partial charge in [-0.15, -0.1) is 0 Å². The zero-order valence-corrected chi connectivity index (χ0v) is 36.9. The summed E-state index contributed by atoms with van der Waals surface area (Å²) in [6, 6.07) is 99.4. The van der Waals surface area contributed by atoms with Crippen LogP contribution in [0.4, 0.5) is 0 Å². The predicted molar refractivity (Wildman–Crippen MR) is 284 cm³/mol. The minimum absolute atomic E-state index is 1.13. The molecule has 1 heteroatoms. The molecule has 0 bridgehead atoms. The fourth-order valence-corrected chi connectivity index (χ4v) is 9.88. The zero-order chi connectivity index (χ0) is 44.5. The van der Waals surface area contributed by atoms with Gasteiger partial charge in [-0.2, -0.15) is 0 Å². The van der Waals surface area contributed by atoms with Crippen molar-refractivity contribution in [3.63, 3.8) is 0 Å². The van der Waals surface area contributed by atoms with Gasteiger partial charge in [0, 0.05) is 27.6 Å². The standard InChI is InChI=1S/C66H45N/c1-6-18-46(19-7-1)54-40-55(47-20-8-2-9-21-47)43-58(42-54)50-32-36-52(37-33-50)61-28-16-30-63-64-31-17-29-62(66(64)67(65(61)63)60-26-14-5-15-27-60)53-38-34-51(35-39-53)59-44-56(48-22-10-3-11-23-48)41-57(45-59)49-24-12-4-13-25-49/h1-45H. The molecule has 0 amide bonds. The Morgan fingerprint density at radius 2 is 0.433 bits per heavy atom. The highest BCUT2D eigenvalue weighted by molar-refractivity contribution is 6.17. The predicted octanol–water partition coefficient (Wildman–Crippen LogP) is 18.1. The highest BCUT2D eigenvalue weighted by atomic mass is 15.0.